The molecule has 0 aromatic heterocycles. The highest BCUT2D eigenvalue weighted by Gasteiger charge is 2.32. The van der Waals surface area contributed by atoms with E-state index in [4.69, 9.17) is 0 Å². The first-order chi connectivity index (χ1) is 13.0. The highest BCUT2D eigenvalue weighted by molar-refractivity contribution is 7.87. The fraction of sp³-hybridized carbons (Fsp3) is 0.950. The molecule has 0 saturated carbocycles. The zero-order chi connectivity index (χ0) is 21.6. The number of unbranched alkanes of at least 4 members (excludes halogenated alkanes) is 9. The average Bonchev–Trinajstić information content (AvgIpc) is 2.57. The normalized spacial score (nSPS) is 13.8. The van der Waals surface area contributed by atoms with E-state index in [9.17, 15) is 18.3 Å². The molecule has 0 aromatic rings. The number of nitrogens with one attached hydrogen (secondary N) is 1. The fourth-order valence-corrected chi connectivity index (χ4v) is 4.59. The molecule has 0 heterocycles. The van der Waals surface area contributed by atoms with Crippen LogP contribution < -0.4 is 9.83 Å². The number of rotatable bonds is 18. The molecule has 0 saturated heterocycles. The molecule has 0 amide bonds. The summed E-state index contributed by atoms with van der Waals surface area (Å²) >= 11 is 0. The van der Waals surface area contributed by atoms with Gasteiger partial charge in [0.1, 0.15) is 0 Å². The Balaban J connectivity index is 4.58. The van der Waals surface area contributed by atoms with Gasteiger partial charge in [0, 0.05) is 26.0 Å². The van der Waals surface area contributed by atoms with Crippen LogP contribution in [0.2, 0.25) is 0 Å². The predicted molar refractivity (Wildman–Crippen MR) is 113 cm³/mol. The molecule has 0 fully saturated rings. The number of carboxylic acid groups (broad SMARTS) is 1. The third-order valence-corrected chi connectivity index (χ3v) is 6.48. The van der Waals surface area contributed by atoms with Crippen LogP contribution in [0.25, 0.3) is 0 Å². The van der Waals surface area contributed by atoms with Gasteiger partial charge in [-0.1, -0.05) is 64.7 Å². The van der Waals surface area contributed by atoms with Crippen molar-refractivity contribution >= 4 is 16.2 Å². The topological polar surface area (TPSA) is 89.5 Å². The predicted octanol–water partition coefficient (Wildman–Crippen LogP) is 1.89. The number of quaternary nitrogens is 1. The summed E-state index contributed by atoms with van der Waals surface area (Å²) in [7, 11) is 3.43. The van der Waals surface area contributed by atoms with Crippen LogP contribution in [0.4, 0.5) is 0 Å². The standard InChI is InChI=1S/C20H43N3O4S/c1-6-7-8-9-10-11-12-13-14-15-16-22(28(26,27)21-2)19(17-20(24)25)18-23(3,4)5/h19,21H,6-18H2,1-5H3. The third kappa shape index (κ3) is 13.5. The molecule has 1 N–H and O–H groups in total. The van der Waals surface area contributed by atoms with Crippen LogP contribution in [0.3, 0.4) is 0 Å². The number of hydrogen-bond donors (Lipinski definition) is 1. The maximum atomic E-state index is 12.5. The molecule has 1 unspecified atom stereocenters. The Morgan fingerprint density at radius 3 is 1.82 bits per heavy atom. The van der Waals surface area contributed by atoms with Crippen molar-refractivity contribution in [1.29, 1.82) is 0 Å². The van der Waals surface area contributed by atoms with Crippen LogP contribution in [-0.4, -0.2) is 70.5 Å². The molecule has 7 nitrogen and oxygen atoms in total. The van der Waals surface area contributed by atoms with Crippen molar-refractivity contribution in [1.82, 2.24) is 9.03 Å². The van der Waals surface area contributed by atoms with Crippen LogP contribution in [0, 0.1) is 0 Å². The van der Waals surface area contributed by atoms with E-state index in [1.807, 2.05) is 21.1 Å². The summed E-state index contributed by atoms with van der Waals surface area (Å²) in [6.45, 7) is 2.96. The Morgan fingerprint density at radius 2 is 1.43 bits per heavy atom. The van der Waals surface area contributed by atoms with E-state index >= 15 is 0 Å². The number of likely N-dealkylation sites (N-methyl/N-ethyl adjacent to an activating group) is 1. The zero-order valence-corrected chi connectivity index (χ0v) is 19.5. The minimum atomic E-state index is -3.71. The van der Waals surface area contributed by atoms with Crippen molar-refractivity contribution in [2.24, 2.45) is 0 Å². The molecule has 0 aromatic carbocycles. The van der Waals surface area contributed by atoms with Crippen molar-refractivity contribution in [2.45, 2.75) is 83.6 Å². The molecule has 0 rings (SSSR count). The molecule has 0 bridgehead atoms. The number of hydrogen-bond acceptors (Lipinski definition) is 4. The van der Waals surface area contributed by atoms with Crippen LogP contribution in [0.1, 0.15) is 77.6 Å². The lowest BCUT2D eigenvalue weighted by Gasteiger charge is -2.35. The van der Waals surface area contributed by atoms with E-state index in [0.29, 0.717) is 17.6 Å². The number of carbonyl (C=O) groups excluding carboxylic acids is 1. The Hall–Kier alpha value is -0.700. The van der Waals surface area contributed by atoms with Crippen molar-refractivity contribution in [3.05, 3.63) is 0 Å². The first-order valence-corrected chi connectivity index (χ1v) is 12.2. The average molecular weight is 422 g/mol. The molecule has 1 atom stereocenters. The van der Waals surface area contributed by atoms with E-state index in [-0.39, 0.29) is 6.42 Å². The van der Waals surface area contributed by atoms with Gasteiger partial charge in [-0.2, -0.15) is 12.7 Å². The Kier molecular flexibility index (Phi) is 14.0. The smallest absolute Gasteiger partial charge is 0.279 e. The van der Waals surface area contributed by atoms with Gasteiger partial charge in [-0.25, -0.2) is 4.72 Å². The molecule has 0 aliphatic carbocycles. The summed E-state index contributed by atoms with van der Waals surface area (Å²) in [4.78, 5) is 11.2. The summed E-state index contributed by atoms with van der Waals surface area (Å²) in [5, 5.41) is 11.2. The van der Waals surface area contributed by atoms with E-state index in [1.165, 1.54) is 56.3 Å². The Bertz CT molecular complexity index is 518. The van der Waals surface area contributed by atoms with Gasteiger partial charge in [-0.3, -0.25) is 0 Å². The Morgan fingerprint density at radius 1 is 0.964 bits per heavy atom. The van der Waals surface area contributed by atoms with Gasteiger partial charge in [0.15, 0.2) is 0 Å². The van der Waals surface area contributed by atoms with Gasteiger partial charge in [0.05, 0.1) is 33.7 Å². The molecule has 168 valence electrons. The van der Waals surface area contributed by atoms with Gasteiger partial charge in [-0.15, -0.1) is 0 Å². The second kappa shape index (κ2) is 14.3. The second-order valence-electron chi connectivity index (χ2n) is 8.70. The van der Waals surface area contributed by atoms with Gasteiger partial charge in [0.25, 0.3) is 10.2 Å². The zero-order valence-electron chi connectivity index (χ0n) is 18.7. The minimum Gasteiger partial charge on any atom is -0.550 e. The van der Waals surface area contributed by atoms with Crippen LogP contribution in [0.15, 0.2) is 0 Å². The third-order valence-electron chi connectivity index (χ3n) is 4.87. The monoisotopic (exact) mass is 421 g/mol. The Labute approximate surface area is 173 Å². The lowest BCUT2D eigenvalue weighted by Crippen LogP contribution is -2.55. The molecule has 0 spiro atoms. The summed E-state index contributed by atoms with van der Waals surface area (Å²) in [5.41, 5.74) is 0. The largest absolute Gasteiger partial charge is 0.550 e. The maximum Gasteiger partial charge on any atom is 0.279 e. The lowest BCUT2D eigenvalue weighted by atomic mass is 10.1. The molecule has 28 heavy (non-hydrogen) atoms. The van der Waals surface area contributed by atoms with Crippen LogP contribution in [0.5, 0.6) is 0 Å². The molecule has 0 aliphatic heterocycles. The summed E-state index contributed by atoms with van der Waals surface area (Å²) in [6.07, 6.45) is 11.4. The van der Waals surface area contributed by atoms with Gasteiger partial charge >= 0.3 is 0 Å². The quantitative estimate of drug-likeness (QED) is 0.270. The van der Waals surface area contributed by atoms with E-state index in [2.05, 4.69) is 11.6 Å². The molecular formula is C20H43N3O4S. The molecule has 0 aliphatic rings. The minimum absolute atomic E-state index is 0.297. The SMILES string of the molecule is CCCCCCCCCCCCN(C(CC(=O)[O-])C[N+](C)(C)C)S(=O)(=O)NC. The number of aliphatic carboxylic acids is 1. The van der Waals surface area contributed by atoms with E-state index in [0.717, 1.165) is 19.3 Å². The van der Waals surface area contributed by atoms with Crippen LogP contribution in [-0.2, 0) is 15.0 Å². The number of carboxylic acids is 1. The maximum absolute atomic E-state index is 12.5. The number of nitrogens with zero attached hydrogens (tertiary/aromatic N) is 2. The molecular weight excluding hydrogens is 378 g/mol. The first kappa shape index (κ1) is 27.3. The lowest BCUT2D eigenvalue weighted by molar-refractivity contribution is -0.872. The number of carbonyl (C=O) groups is 1. The van der Waals surface area contributed by atoms with Gasteiger partial charge in [-0.05, 0) is 6.42 Å². The van der Waals surface area contributed by atoms with E-state index < -0.39 is 22.2 Å². The van der Waals surface area contributed by atoms with Crippen molar-refractivity contribution in [3.8, 4) is 0 Å². The summed E-state index contributed by atoms with van der Waals surface area (Å²) in [6, 6.07) is -0.624. The van der Waals surface area contributed by atoms with Gasteiger partial charge in [0.2, 0.25) is 0 Å². The first-order valence-electron chi connectivity index (χ1n) is 10.7. The van der Waals surface area contributed by atoms with Crippen molar-refractivity contribution in [3.63, 3.8) is 0 Å². The highest BCUT2D eigenvalue weighted by atomic mass is 32.2. The summed E-state index contributed by atoms with van der Waals surface area (Å²) in [5.74, 6) is -1.22. The molecule has 8 heteroatoms. The highest BCUT2D eigenvalue weighted by Crippen LogP contribution is 2.16. The second-order valence-corrected chi connectivity index (χ2v) is 10.5. The van der Waals surface area contributed by atoms with Crippen molar-refractivity contribution in [2.75, 3.05) is 41.3 Å². The van der Waals surface area contributed by atoms with E-state index in [1.54, 1.807) is 0 Å². The molecule has 0 radical (unpaired) electrons. The summed E-state index contributed by atoms with van der Waals surface area (Å²) < 4.78 is 29.1. The fourth-order valence-electron chi connectivity index (χ4n) is 3.45. The van der Waals surface area contributed by atoms with Crippen molar-refractivity contribution < 1.29 is 22.8 Å². The van der Waals surface area contributed by atoms with Crippen LogP contribution >= 0.6 is 0 Å². The van der Waals surface area contributed by atoms with Gasteiger partial charge < -0.3 is 14.4 Å².